The van der Waals surface area contributed by atoms with Gasteiger partial charge in [0.15, 0.2) is 0 Å². The molecule has 3 nitrogen and oxygen atoms in total. The normalized spacial score (nSPS) is 10.6. The summed E-state index contributed by atoms with van der Waals surface area (Å²) < 4.78 is 6.08. The molecule has 0 fully saturated rings. The third-order valence-corrected chi connectivity index (χ3v) is 3.36. The van der Waals surface area contributed by atoms with Crippen LogP contribution in [0.2, 0.25) is 0 Å². The van der Waals surface area contributed by atoms with Crippen molar-refractivity contribution in [3.05, 3.63) is 53.3 Å². The van der Waals surface area contributed by atoms with Gasteiger partial charge in [-0.15, -0.1) is 0 Å². The van der Waals surface area contributed by atoms with E-state index in [1.165, 1.54) is 5.56 Å². The van der Waals surface area contributed by atoms with E-state index in [1.807, 2.05) is 31.3 Å². The van der Waals surface area contributed by atoms with Gasteiger partial charge in [0.2, 0.25) is 0 Å². The lowest BCUT2D eigenvalue weighted by Crippen LogP contribution is -2.14. The quantitative estimate of drug-likeness (QED) is 0.772. The standard InChI is InChI=1S/C18H24N2O/c1-4-9-19-12-16-13-20-14(3)10-18(16)21-17-8-6-7-15(5-2)11-17/h6-8,10-11,13,19H,4-5,9,12H2,1-3H3. The van der Waals surface area contributed by atoms with E-state index in [0.717, 1.165) is 48.7 Å². The Morgan fingerprint density at radius 3 is 2.81 bits per heavy atom. The van der Waals surface area contributed by atoms with Crippen LogP contribution >= 0.6 is 0 Å². The number of nitrogens with one attached hydrogen (secondary N) is 1. The number of hydrogen-bond acceptors (Lipinski definition) is 3. The van der Waals surface area contributed by atoms with Gasteiger partial charge in [-0.3, -0.25) is 4.98 Å². The first-order valence-corrected chi connectivity index (χ1v) is 7.66. The molecular weight excluding hydrogens is 260 g/mol. The molecule has 0 amide bonds. The molecule has 0 atom stereocenters. The Bertz CT molecular complexity index is 581. The zero-order valence-electron chi connectivity index (χ0n) is 13.1. The number of benzene rings is 1. The molecule has 0 bridgehead atoms. The highest BCUT2D eigenvalue weighted by molar-refractivity contribution is 5.38. The molecule has 0 saturated carbocycles. The SMILES string of the molecule is CCCNCc1cnc(C)cc1Oc1cccc(CC)c1. The molecule has 1 aromatic heterocycles. The number of rotatable bonds is 7. The van der Waals surface area contributed by atoms with E-state index < -0.39 is 0 Å². The fraction of sp³-hybridized carbons (Fsp3) is 0.389. The first-order chi connectivity index (χ1) is 10.2. The maximum atomic E-state index is 6.08. The molecule has 0 radical (unpaired) electrons. The van der Waals surface area contributed by atoms with Gasteiger partial charge in [-0.25, -0.2) is 0 Å². The molecule has 1 heterocycles. The number of hydrogen-bond donors (Lipinski definition) is 1. The van der Waals surface area contributed by atoms with E-state index in [2.05, 4.69) is 36.3 Å². The Kier molecular flexibility index (Phi) is 5.76. The lowest BCUT2D eigenvalue weighted by Gasteiger charge is -2.13. The van der Waals surface area contributed by atoms with E-state index in [1.54, 1.807) is 0 Å². The number of ether oxygens (including phenoxy) is 1. The van der Waals surface area contributed by atoms with E-state index >= 15 is 0 Å². The minimum absolute atomic E-state index is 0.782. The summed E-state index contributed by atoms with van der Waals surface area (Å²) >= 11 is 0. The Morgan fingerprint density at radius 2 is 2.05 bits per heavy atom. The van der Waals surface area contributed by atoms with Crippen molar-refractivity contribution < 1.29 is 4.74 Å². The second kappa shape index (κ2) is 7.79. The van der Waals surface area contributed by atoms with Crippen LogP contribution in [-0.2, 0) is 13.0 Å². The van der Waals surface area contributed by atoms with Crippen molar-refractivity contribution in [2.75, 3.05) is 6.54 Å². The second-order valence-corrected chi connectivity index (χ2v) is 5.21. The van der Waals surface area contributed by atoms with Crippen LogP contribution in [0.15, 0.2) is 36.5 Å². The van der Waals surface area contributed by atoms with E-state index in [9.17, 15) is 0 Å². The minimum atomic E-state index is 0.782. The average molecular weight is 284 g/mol. The first-order valence-electron chi connectivity index (χ1n) is 7.66. The number of pyridine rings is 1. The summed E-state index contributed by atoms with van der Waals surface area (Å²) in [6.07, 6.45) is 4.03. The maximum Gasteiger partial charge on any atom is 0.135 e. The molecule has 3 heteroatoms. The van der Waals surface area contributed by atoms with E-state index in [4.69, 9.17) is 4.74 Å². The molecule has 0 saturated heterocycles. The summed E-state index contributed by atoms with van der Waals surface area (Å²) in [5.41, 5.74) is 3.34. The van der Waals surface area contributed by atoms with Gasteiger partial charge in [0.1, 0.15) is 11.5 Å². The molecule has 1 aromatic carbocycles. The van der Waals surface area contributed by atoms with Crippen molar-refractivity contribution in [1.29, 1.82) is 0 Å². The van der Waals surface area contributed by atoms with Crippen LogP contribution in [-0.4, -0.2) is 11.5 Å². The number of nitrogens with zero attached hydrogens (tertiary/aromatic N) is 1. The minimum Gasteiger partial charge on any atom is -0.457 e. The molecule has 21 heavy (non-hydrogen) atoms. The maximum absolute atomic E-state index is 6.08. The highest BCUT2D eigenvalue weighted by Crippen LogP contribution is 2.26. The third-order valence-electron chi connectivity index (χ3n) is 3.36. The Hall–Kier alpha value is -1.87. The zero-order valence-corrected chi connectivity index (χ0v) is 13.1. The summed E-state index contributed by atoms with van der Waals surface area (Å²) in [6, 6.07) is 10.3. The smallest absolute Gasteiger partial charge is 0.135 e. The predicted octanol–water partition coefficient (Wildman–Crippen LogP) is 4.24. The van der Waals surface area contributed by atoms with Gasteiger partial charge in [-0.2, -0.15) is 0 Å². The second-order valence-electron chi connectivity index (χ2n) is 5.21. The summed E-state index contributed by atoms with van der Waals surface area (Å²) in [5.74, 6) is 1.77. The lowest BCUT2D eigenvalue weighted by molar-refractivity contribution is 0.470. The van der Waals surface area contributed by atoms with Crippen LogP contribution in [0.1, 0.15) is 37.1 Å². The average Bonchev–Trinajstić information content (AvgIpc) is 2.50. The van der Waals surface area contributed by atoms with Crippen LogP contribution in [0.5, 0.6) is 11.5 Å². The topological polar surface area (TPSA) is 34.2 Å². The molecular formula is C18H24N2O. The highest BCUT2D eigenvalue weighted by Gasteiger charge is 2.07. The van der Waals surface area contributed by atoms with Crippen molar-refractivity contribution in [3.63, 3.8) is 0 Å². The Morgan fingerprint density at radius 1 is 1.19 bits per heavy atom. The largest absolute Gasteiger partial charge is 0.457 e. The van der Waals surface area contributed by atoms with Crippen molar-refractivity contribution in [3.8, 4) is 11.5 Å². The van der Waals surface area contributed by atoms with Crippen molar-refractivity contribution in [1.82, 2.24) is 10.3 Å². The summed E-state index contributed by atoms with van der Waals surface area (Å²) in [4.78, 5) is 4.37. The summed E-state index contributed by atoms with van der Waals surface area (Å²) in [7, 11) is 0. The van der Waals surface area contributed by atoms with Crippen LogP contribution < -0.4 is 10.1 Å². The molecule has 0 aliphatic heterocycles. The van der Waals surface area contributed by atoms with Crippen LogP contribution in [0.25, 0.3) is 0 Å². The van der Waals surface area contributed by atoms with Crippen LogP contribution in [0.4, 0.5) is 0 Å². The molecule has 112 valence electrons. The van der Waals surface area contributed by atoms with Gasteiger partial charge in [0, 0.05) is 30.1 Å². The monoisotopic (exact) mass is 284 g/mol. The molecule has 0 aliphatic carbocycles. The number of aromatic nitrogens is 1. The van der Waals surface area contributed by atoms with Crippen LogP contribution in [0, 0.1) is 6.92 Å². The molecule has 2 aromatic rings. The molecule has 0 unspecified atom stereocenters. The molecule has 0 spiro atoms. The zero-order chi connectivity index (χ0) is 15.1. The van der Waals surface area contributed by atoms with Gasteiger partial charge in [0.25, 0.3) is 0 Å². The number of aryl methyl sites for hydroxylation is 2. The third kappa shape index (κ3) is 4.57. The Labute approximate surface area is 127 Å². The summed E-state index contributed by atoms with van der Waals surface area (Å²) in [5, 5.41) is 3.40. The van der Waals surface area contributed by atoms with Gasteiger partial charge in [0.05, 0.1) is 0 Å². The lowest BCUT2D eigenvalue weighted by atomic mass is 10.1. The van der Waals surface area contributed by atoms with E-state index in [0.29, 0.717) is 0 Å². The molecule has 2 rings (SSSR count). The van der Waals surface area contributed by atoms with Gasteiger partial charge in [-0.05, 0) is 44.0 Å². The summed E-state index contributed by atoms with van der Waals surface area (Å²) in [6.45, 7) is 8.07. The van der Waals surface area contributed by atoms with Crippen molar-refractivity contribution >= 4 is 0 Å². The van der Waals surface area contributed by atoms with Gasteiger partial charge < -0.3 is 10.1 Å². The van der Waals surface area contributed by atoms with Crippen LogP contribution in [0.3, 0.4) is 0 Å². The Balaban J connectivity index is 2.18. The first kappa shape index (κ1) is 15.5. The van der Waals surface area contributed by atoms with E-state index in [-0.39, 0.29) is 0 Å². The van der Waals surface area contributed by atoms with Gasteiger partial charge in [-0.1, -0.05) is 26.0 Å². The van der Waals surface area contributed by atoms with Crippen molar-refractivity contribution in [2.45, 2.75) is 40.2 Å². The fourth-order valence-corrected chi connectivity index (χ4v) is 2.15. The predicted molar refractivity (Wildman–Crippen MR) is 86.9 cm³/mol. The molecule has 0 aliphatic rings. The molecule has 1 N–H and O–H groups in total. The highest BCUT2D eigenvalue weighted by atomic mass is 16.5. The fourth-order valence-electron chi connectivity index (χ4n) is 2.15. The van der Waals surface area contributed by atoms with Gasteiger partial charge >= 0.3 is 0 Å². The van der Waals surface area contributed by atoms with Crippen molar-refractivity contribution in [2.24, 2.45) is 0 Å².